The lowest BCUT2D eigenvalue weighted by atomic mass is 9.81. The number of fused-ring (bicyclic) bond motifs is 2. The number of nitrogens with one attached hydrogen (secondary N) is 1. The second kappa shape index (κ2) is 3.79. The summed E-state index contributed by atoms with van der Waals surface area (Å²) in [7, 11) is 0. The van der Waals surface area contributed by atoms with Crippen LogP contribution in [0.1, 0.15) is 45.2 Å². The van der Waals surface area contributed by atoms with Crippen molar-refractivity contribution >= 4 is 10.9 Å². The molecule has 1 N–H and O–H groups in total. The number of rotatable bonds is 1. The van der Waals surface area contributed by atoms with Gasteiger partial charge in [0.2, 0.25) is 0 Å². The van der Waals surface area contributed by atoms with E-state index in [1.807, 2.05) is 18.3 Å². The summed E-state index contributed by atoms with van der Waals surface area (Å²) in [6, 6.07) is 6.27. The third-order valence-electron chi connectivity index (χ3n) is 4.80. The quantitative estimate of drug-likeness (QED) is 0.697. The Kier molecular flexibility index (Phi) is 2.29. The van der Waals surface area contributed by atoms with Gasteiger partial charge in [-0.25, -0.2) is 0 Å². The van der Waals surface area contributed by atoms with Crippen molar-refractivity contribution in [1.29, 1.82) is 0 Å². The Morgan fingerprint density at radius 2 is 2.00 bits per heavy atom. The summed E-state index contributed by atoms with van der Waals surface area (Å²) in [6.07, 6.45) is 4.80. The molecular weight excluding hydrogens is 260 g/mol. The SMILES string of the molecule is CC1(C)CC(C)(C)c2c1cc1[nH]ncc1c2-c1ccco1. The monoisotopic (exact) mass is 280 g/mol. The first-order chi connectivity index (χ1) is 9.90. The third-order valence-corrected chi connectivity index (χ3v) is 4.80. The van der Waals surface area contributed by atoms with Crippen molar-refractivity contribution < 1.29 is 4.42 Å². The van der Waals surface area contributed by atoms with E-state index in [1.54, 1.807) is 6.26 Å². The lowest BCUT2D eigenvalue weighted by Gasteiger charge is -2.23. The van der Waals surface area contributed by atoms with Crippen LogP contribution in [0.2, 0.25) is 0 Å². The smallest absolute Gasteiger partial charge is 0.134 e. The minimum atomic E-state index is 0.131. The fraction of sp³-hybridized carbons (Fsp3) is 0.389. The van der Waals surface area contributed by atoms with E-state index >= 15 is 0 Å². The maximum absolute atomic E-state index is 5.74. The van der Waals surface area contributed by atoms with Gasteiger partial charge in [-0.1, -0.05) is 27.7 Å². The Morgan fingerprint density at radius 1 is 1.19 bits per heavy atom. The Balaban J connectivity index is 2.19. The minimum Gasteiger partial charge on any atom is -0.464 e. The Morgan fingerprint density at radius 3 is 2.71 bits per heavy atom. The molecule has 0 atom stereocenters. The number of benzene rings is 1. The zero-order valence-electron chi connectivity index (χ0n) is 12.9. The Bertz CT molecular complexity index is 822. The lowest BCUT2D eigenvalue weighted by molar-refractivity contribution is 0.403. The van der Waals surface area contributed by atoms with Gasteiger partial charge in [0.05, 0.1) is 18.0 Å². The highest BCUT2D eigenvalue weighted by Gasteiger charge is 2.44. The van der Waals surface area contributed by atoms with Crippen LogP contribution in [-0.2, 0) is 10.8 Å². The van der Waals surface area contributed by atoms with E-state index in [0.717, 1.165) is 23.1 Å². The van der Waals surface area contributed by atoms with Gasteiger partial charge in [0, 0.05) is 10.9 Å². The molecular formula is C18H20N2O. The molecule has 3 nitrogen and oxygen atoms in total. The van der Waals surface area contributed by atoms with Crippen molar-refractivity contribution in [2.45, 2.75) is 44.9 Å². The van der Waals surface area contributed by atoms with Gasteiger partial charge >= 0.3 is 0 Å². The van der Waals surface area contributed by atoms with Crippen LogP contribution >= 0.6 is 0 Å². The number of nitrogens with zero attached hydrogens (tertiary/aromatic N) is 1. The average molecular weight is 280 g/mol. The highest BCUT2D eigenvalue weighted by Crippen LogP contribution is 2.54. The number of furan rings is 1. The first-order valence-corrected chi connectivity index (χ1v) is 7.45. The van der Waals surface area contributed by atoms with E-state index in [-0.39, 0.29) is 10.8 Å². The van der Waals surface area contributed by atoms with Crippen molar-refractivity contribution in [2.24, 2.45) is 0 Å². The minimum absolute atomic E-state index is 0.131. The normalized spacial score (nSPS) is 19.0. The van der Waals surface area contributed by atoms with Gasteiger partial charge < -0.3 is 4.42 Å². The van der Waals surface area contributed by atoms with Crippen molar-refractivity contribution in [2.75, 3.05) is 0 Å². The first-order valence-electron chi connectivity index (χ1n) is 7.45. The Hall–Kier alpha value is -2.03. The van der Waals surface area contributed by atoms with Gasteiger partial charge in [-0.05, 0) is 46.6 Å². The zero-order valence-corrected chi connectivity index (χ0v) is 12.9. The van der Waals surface area contributed by atoms with Crippen LogP contribution in [0.5, 0.6) is 0 Å². The molecule has 0 saturated heterocycles. The summed E-state index contributed by atoms with van der Waals surface area (Å²) in [4.78, 5) is 0. The average Bonchev–Trinajstić information content (AvgIpc) is 3.08. The van der Waals surface area contributed by atoms with Crippen LogP contribution < -0.4 is 0 Å². The molecule has 0 radical (unpaired) electrons. The first kappa shape index (κ1) is 12.7. The van der Waals surface area contributed by atoms with Gasteiger partial charge in [0.25, 0.3) is 0 Å². The molecule has 0 spiro atoms. The number of aromatic amines is 1. The fourth-order valence-electron chi connectivity index (χ4n) is 4.29. The molecule has 1 aliphatic rings. The van der Waals surface area contributed by atoms with Crippen LogP contribution in [0.4, 0.5) is 0 Å². The molecule has 3 heteroatoms. The lowest BCUT2D eigenvalue weighted by Crippen LogP contribution is -2.18. The molecule has 21 heavy (non-hydrogen) atoms. The summed E-state index contributed by atoms with van der Waals surface area (Å²) >= 11 is 0. The fourth-order valence-corrected chi connectivity index (χ4v) is 4.29. The predicted octanol–water partition coefficient (Wildman–Crippen LogP) is 4.78. The molecule has 1 aliphatic carbocycles. The van der Waals surface area contributed by atoms with Gasteiger partial charge in [0.15, 0.2) is 0 Å². The predicted molar refractivity (Wildman–Crippen MR) is 84.5 cm³/mol. The largest absolute Gasteiger partial charge is 0.464 e. The van der Waals surface area contributed by atoms with Crippen molar-refractivity contribution in [3.8, 4) is 11.3 Å². The molecule has 0 saturated carbocycles. The Labute approximate surface area is 124 Å². The number of aromatic nitrogens is 2. The van der Waals surface area contributed by atoms with E-state index in [0.29, 0.717) is 0 Å². The van der Waals surface area contributed by atoms with Crippen LogP contribution in [0, 0.1) is 0 Å². The summed E-state index contributed by atoms with van der Waals surface area (Å²) in [5.74, 6) is 0.934. The molecule has 2 heterocycles. The summed E-state index contributed by atoms with van der Waals surface area (Å²) < 4.78 is 5.74. The summed E-state index contributed by atoms with van der Waals surface area (Å²) in [6.45, 7) is 9.32. The molecule has 0 unspecified atom stereocenters. The second-order valence-electron chi connectivity index (χ2n) is 7.43. The third kappa shape index (κ3) is 1.63. The van der Waals surface area contributed by atoms with Gasteiger partial charge in [-0.2, -0.15) is 5.10 Å². The van der Waals surface area contributed by atoms with Crippen molar-refractivity contribution in [3.05, 3.63) is 41.8 Å². The number of hydrogen-bond donors (Lipinski definition) is 1. The molecule has 0 bridgehead atoms. The molecule has 4 rings (SSSR count). The molecule has 2 aromatic heterocycles. The molecule has 108 valence electrons. The van der Waals surface area contributed by atoms with Crippen LogP contribution in [0.25, 0.3) is 22.2 Å². The molecule has 1 aromatic carbocycles. The highest BCUT2D eigenvalue weighted by molar-refractivity contribution is 5.97. The van der Waals surface area contributed by atoms with Crippen molar-refractivity contribution in [1.82, 2.24) is 10.2 Å². The standard InChI is InChI=1S/C18H20N2O/c1-17(2)10-18(3,4)16-12(17)8-13-11(9-19-20-13)15(16)14-6-5-7-21-14/h5-9H,10H2,1-4H3,(H,19,20). The summed E-state index contributed by atoms with van der Waals surface area (Å²) in [5.41, 5.74) is 5.42. The molecule has 0 amide bonds. The van der Waals surface area contributed by atoms with E-state index < -0.39 is 0 Å². The molecule has 3 aromatic rings. The topological polar surface area (TPSA) is 41.8 Å². The van der Waals surface area contributed by atoms with Crippen LogP contribution in [-0.4, -0.2) is 10.2 Å². The van der Waals surface area contributed by atoms with E-state index in [1.165, 1.54) is 16.7 Å². The summed E-state index contributed by atoms with van der Waals surface area (Å²) in [5, 5.41) is 8.51. The molecule has 0 aliphatic heterocycles. The van der Waals surface area contributed by atoms with E-state index in [9.17, 15) is 0 Å². The van der Waals surface area contributed by atoms with Gasteiger partial charge in [-0.15, -0.1) is 0 Å². The second-order valence-corrected chi connectivity index (χ2v) is 7.43. The van der Waals surface area contributed by atoms with Crippen LogP contribution in [0.3, 0.4) is 0 Å². The van der Waals surface area contributed by atoms with Gasteiger partial charge in [-0.3, -0.25) is 5.10 Å². The van der Waals surface area contributed by atoms with Crippen molar-refractivity contribution in [3.63, 3.8) is 0 Å². The maximum Gasteiger partial charge on any atom is 0.134 e. The molecule has 0 fully saturated rings. The van der Waals surface area contributed by atoms with E-state index in [4.69, 9.17) is 4.42 Å². The highest BCUT2D eigenvalue weighted by atomic mass is 16.3. The van der Waals surface area contributed by atoms with Gasteiger partial charge in [0.1, 0.15) is 5.76 Å². The zero-order chi connectivity index (χ0) is 14.8. The number of hydrogen-bond acceptors (Lipinski definition) is 2. The van der Waals surface area contributed by atoms with E-state index in [2.05, 4.69) is 44.0 Å². The number of H-pyrrole nitrogens is 1. The van der Waals surface area contributed by atoms with Crippen LogP contribution in [0.15, 0.2) is 35.1 Å². The maximum atomic E-state index is 5.74.